The summed E-state index contributed by atoms with van der Waals surface area (Å²) in [4.78, 5) is 0. The molecule has 2 atom stereocenters. The molecule has 0 aliphatic heterocycles. The Hall–Kier alpha value is -1.29. The summed E-state index contributed by atoms with van der Waals surface area (Å²) in [5.74, 6) is 0.436. The number of nitrogens with two attached hydrogens (primary N) is 1. The number of hydrogen-bond donors (Lipinski definition) is 2. The fraction of sp³-hybridized carbons (Fsp3) is 0.571. The van der Waals surface area contributed by atoms with Gasteiger partial charge in [0.05, 0.1) is 7.11 Å². The molecule has 1 aromatic carbocycles. The van der Waals surface area contributed by atoms with Crippen LogP contribution in [0.3, 0.4) is 0 Å². The molecular weight excluding hydrogens is 231 g/mol. The zero-order valence-electron chi connectivity index (χ0n) is 10.8. The van der Waals surface area contributed by atoms with Gasteiger partial charge in [0.15, 0.2) is 11.6 Å². The fourth-order valence-corrected chi connectivity index (χ4v) is 2.65. The van der Waals surface area contributed by atoms with E-state index in [9.17, 15) is 4.39 Å². The van der Waals surface area contributed by atoms with Crippen LogP contribution >= 0.6 is 0 Å². The van der Waals surface area contributed by atoms with Gasteiger partial charge in [-0.25, -0.2) is 4.39 Å². The molecule has 1 saturated carbocycles. The van der Waals surface area contributed by atoms with Crippen molar-refractivity contribution in [2.24, 2.45) is 11.7 Å². The lowest BCUT2D eigenvalue weighted by molar-refractivity contribution is 0.332. The van der Waals surface area contributed by atoms with E-state index in [0.29, 0.717) is 18.5 Å². The fourth-order valence-electron chi connectivity index (χ4n) is 2.65. The average molecular weight is 252 g/mol. The lowest BCUT2D eigenvalue weighted by Crippen LogP contribution is -2.36. The second kappa shape index (κ2) is 6.05. The van der Waals surface area contributed by atoms with Crippen molar-refractivity contribution in [3.8, 4) is 5.75 Å². The molecule has 0 bridgehead atoms. The van der Waals surface area contributed by atoms with Crippen LogP contribution in [0.4, 0.5) is 10.1 Å². The van der Waals surface area contributed by atoms with Crippen molar-refractivity contribution in [3.05, 3.63) is 24.0 Å². The molecule has 1 aliphatic carbocycles. The molecule has 1 fully saturated rings. The smallest absolute Gasteiger partial charge is 0.167 e. The van der Waals surface area contributed by atoms with E-state index in [1.54, 1.807) is 6.07 Å². The van der Waals surface area contributed by atoms with Crippen LogP contribution in [0, 0.1) is 11.7 Å². The molecule has 3 N–H and O–H groups in total. The van der Waals surface area contributed by atoms with Gasteiger partial charge < -0.3 is 15.8 Å². The van der Waals surface area contributed by atoms with E-state index in [0.717, 1.165) is 18.5 Å². The Morgan fingerprint density at radius 3 is 2.83 bits per heavy atom. The van der Waals surface area contributed by atoms with Crippen LogP contribution in [-0.2, 0) is 0 Å². The Morgan fingerprint density at radius 1 is 1.39 bits per heavy atom. The first kappa shape index (κ1) is 13.1. The first-order valence-corrected chi connectivity index (χ1v) is 6.54. The van der Waals surface area contributed by atoms with Gasteiger partial charge in [-0.15, -0.1) is 0 Å². The molecule has 0 aromatic heterocycles. The summed E-state index contributed by atoms with van der Waals surface area (Å²) in [5, 5.41) is 3.40. The van der Waals surface area contributed by atoms with Gasteiger partial charge >= 0.3 is 0 Å². The van der Waals surface area contributed by atoms with Gasteiger partial charge in [0.2, 0.25) is 0 Å². The highest BCUT2D eigenvalue weighted by Crippen LogP contribution is 2.28. The zero-order chi connectivity index (χ0) is 13.0. The molecule has 100 valence electrons. The quantitative estimate of drug-likeness (QED) is 0.866. The van der Waals surface area contributed by atoms with Crippen LogP contribution in [0.25, 0.3) is 0 Å². The minimum atomic E-state index is -0.331. The van der Waals surface area contributed by atoms with Crippen LogP contribution in [0.2, 0.25) is 0 Å². The highest BCUT2D eigenvalue weighted by Gasteiger charge is 2.23. The third-order valence-corrected chi connectivity index (χ3v) is 3.72. The molecule has 4 heteroatoms. The van der Waals surface area contributed by atoms with Gasteiger partial charge in [-0.3, -0.25) is 0 Å². The predicted octanol–water partition coefficient (Wildman–Crippen LogP) is 2.76. The van der Waals surface area contributed by atoms with Gasteiger partial charge in [0, 0.05) is 17.8 Å². The summed E-state index contributed by atoms with van der Waals surface area (Å²) in [6, 6.07) is 5.35. The number of anilines is 1. The molecule has 2 rings (SSSR count). The maximum Gasteiger partial charge on any atom is 0.167 e. The molecule has 0 heterocycles. The number of halogens is 1. The minimum Gasteiger partial charge on any atom is -0.494 e. The number of methoxy groups -OCH3 is 1. The van der Waals surface area contributed by atoms with Crippen molar-refractivity contribution in [2.75, 3.05) is 19.0 Å². The van der Waals surface area contributed by atoms with E-state index >= 15 is 0 Å². The SMILES string of the molecule is COc1ccc(NC2CCCCC2CN)cc1F. The second-order valence-electron chi connectivity index (χ2n) is 4.88. The maximum atomic E-state index is 13.6. The summed E-state index contributed by atoms with van der Waals surface area (Å²) < 4.78 is 18.5. The van der Waals surface area contributed by atoms with Crippen molar-refractivity contribution < 1.29 is 9.13 Å². The van der Waals surface area contributed by atoms with E-state index in [1.165, 1.54) is 26.0 Å². The van der Waals surface area contributed by atoms with Gasteiger partial charge in [0.1, 0.15) is 0 Å². The minimum absolute atomic E-state index is 0.277. The Bertz CT molecular complexity index is 397. The van der Waals surface area contributed by atoms with Gasteiger partial charge in [-0.1, -0.05) is 12.8 Å². The molecule has 0 saturated heterocycles. The normalized spacial score (nSPS) is 23.7. The first-order valence-electron chi connectivity index (χ1n) is 6.54. The Balaban J connectivity index is 2.05. The van der Waals surface area contributed by atoms with E-state index in [1.807, 2.05) is 6.07 Å². The van der Waals surface area contributed by atoms with E-state index in [-0.39, 0.29) is 11.6 Å². The van der Waals surface area contributed by atoms with Crippen molar-refractivity contribution in [1.82, 2.24) is 0 Å². The summed E-state index contributed by atoms with van der Waals surface area (Å²) in [7, 11) is 1.47. The van der Waals surface area contributed by atoms with Crippen molar-refractivity contribution in [2.45, 2.75) is 31.7 Å². The van der Waals surface area contributed by atoms with Gasteiger partial charge in [-0.2, -0.15) is 0 Å². The number of benzene rings is 1. The van der Waals surface area contributed by atoms with Crippen LogP contribution < -0.4 is 15.8 Å². The summed E-state index contributed by atoms with van der Waals surface area (Å²) in [5.41, 5.74) is 6.59. The van der Waals surface area contributed by atoms with Crippen molar-refractivity contribution in [1.29, 1.82) is 0 Å². The third-order valence-electron chi connectivity index (χ3n) is 3.72. The van der Waals surface area contributed by atoms with Gasteiger partial charge in [0.25, 0.3) is 0 Å². The Labute approximate surface area is 108 Å². The molecule has 2 unspecified atom stereocenters. The van der Waals surface area contributed by atoms with E-state index in [2.05, 4.69) is 5.32 Å². The topological polar surface area (TPSA) is 47.3 Å². The average Bonchev–Trinajstić information content (AvgIpc) is 2.39. The summed E-state index contributed by atoms with van der Waals surface area (Å²) in [6.45, 7) is 0.691. The molecule has 0 radical (unpaired) electrons. The van der Waals surface area contributed by atoms with E-state index in [4.69, 9.17) is 10.5 Å². The highest BCUT2D eigenvalue weighted by atomic mass is 19.1. The standard InChI is InChI=1S/C14H21FN2O/c1-18-14-7-6-11(8-12(14)15)17-13-5-3-2-4-10(13)9-16/h6-8,10,13,17H,2-5,9,16H2,1H3. The monoisotopic (exact) mass is 252 g/mol. The zero-order valence-corrected chi connectivity index (χ0v) is 10.8. The third kappa shape index (κ3) is 2.93. The van der Waals surface area contributed by atoms with Crippen LogP contribution in [0.15, 0.2) is 18.2 Å². The molecule has 1 aromatic rings. The van der Waals surface area contributed by atoms with E-state index < -0.39 is 0 Å². The Kier molecular flexibility index (Phi) is 4.42. The summed E-state index contributed by atoms with van der Waals surface area (Å²) in [6.07, 6.45) is 4.73. The van der Waals surface area contributed by atoms with Crippen LogP contribution in [0.5, 0.6) is 5.75 Å². The molecule has 18 heavy (non-hydrogen) atoms. The largest absolute Gasteiger partial charge is 0.494 e. The van der Waals surface area contributed by atoms with Gasteiger partial charge in [-0.05, 0) is 37.4 Å². The lowest BCUT2D eigenvalue weighted by atomic mass is 9.84. The predicted molar refractivity (Wildman–Crippen MR) is 71.4 cm³/mol. The summed E-state index contributed by atoms with van der Waals surface area (Å²) >= 11 is 0. The Morgan fingerprint density at radius 2 is 2.17 bits per heavy atom. The van der Waals surface area contributed by atoms with Crippen LogP contribution in [0.1, 0.15) is 25.7 Å². The first-order chi connectivity index (χ1) is 8.74. The molecule has 0 amide bonds. The molecular formula is C14H21FN2O. The number of rotatable bonds is 4. The second-order valence-corrected chi connectivity index (χ2v) is 4.88. The van der Waals surface area contributed by atoms with Crippen LogP contribution in [-0.4, -0.2) is 19.7 Å². The van der Waals surface area contributed by atoms with Crippen molar-refractivity contribution >= 4 is 5.69 Å². The molecule has 1 aliphatic rings. The maximum absolute atomic E-state index is 13.6. The number of ether oxygens (including phenoxy) is 1. The highest BCUT2D eigenvalue weighted by molar-refractivity contribution is 5.48. The number of nitrogens with one attached hydrogen (secondary N) is 1. The number of hydrogen-bond acceptors (Lipinski definition) is 3. The molecule has 3 nitrogen and oxygen atoms in total. The lowest BCUT2D eigenvalue weighted by Gasteiger charge is -2.32. The van der Waals surface area contributed by atoms with Crippen molar-refractivity contribution in [3.63, 3.8) is 0 Å². The molecule has 0 spiro atoms.